The number of nitrogens with one attached hydrogen (secondary N) is 1. The highest BCUT2D eigenvalue weighted by atomic mass is 32.2. The van der Waals surface area contributed by atoms with Crippen LogP contribution in [0.15, 0.2) is 24.3 Å². The summed E-state index contributed by atoms with van der Waals surface area (Å²) >= 11 is 2.02. The van der Waals surface area contributed by atoms with Gasteiger partial charge in [0.1, 0.15) is 0 Å². The zero-order valence-corrected chi connectivity index (χ0v) is 12.9. The second kappa shape index (κ2) is 5.26. The summed E-state index contributed by atoms with van der Waals surface area (Å²) in [6.07, 6.45) is 4.99. The molecule has 1 aromatic carbocycles. The summed E-state index contributed by atoms with van der Waals surface area (Å²) in [5.41, 5.74) is 3.05. The van der Waals surface area contributed by atoms with Gasteiger partial charge >= 0.3 is 0 Å². The topological polar surface area (TPSA) is 12.0 Å². The van der Waals surface area contributed by atoms with Crippen LogP contribution in [0.5, 0.6) is 0 Å². The standard InChI is InChI=1S/C16H25NS/c1-15(2,3)14-7-5-13(6-8-14)11-17-12-16(18-4)9-10-16/h5-8,17H,9-12H2,1-4H3. The van der Waals surface area contributed by atoms with Crippen molar-refractivity contribution in [3.05, 3.63) is 35.4 Å². The zero-order valence-electron chi connectivity index (χ0n) is 12.0. The van der Waals surface area contributed by atoms with Crippen LogP contribution in [0.3, 0.4) is 0 Å². The van der Waals surface area contributed by atoms with E-state index in [1.54, 1.807) is 0 Å². The summed E-state index contributed by atoms with van der Waals surface area (Å²) in [5, 5.41) is 3.59. The molecule has 1 aromatic rings. The van der Waals surface area contributed by atoms with Crippen molar-refractivity contribution >= 4 is 11.8 Å². The quantitative estimate of drug-likeness (QED) is 0.862. The van der Waals surface area contributed by atoms with Crippen molar-refractivity contribution in [3.8, 4) is 0 Å². The van der Waals surface area contributed by atoms with E-state index in [0.717, 1.165) is 13.1 Å². The van der Waals surface area contributed by atoms with Gasteiger partial charge in [-0.25, -0.2) is 0 Å². The van der Waals surface area contributed by atoms with Gasteiger partial charge in [0.05, 0.1) is 0 Å². The zero-order chi connectivity index (χ0) is 13.2. The summed E-state index contributed by atoms with van der Waals surface area (Å²) < 4.78 is 0.561. The van der Waals surface area contributed by atoms with Crippen molar-refractivity contribution in [1.82, 2.24) is 5.32 Å². The van der Waals surface area contributed by atoms with Crippen LogP contribution in [-0.2, 0) is 12.0 Å². The fraction of sp³-hybridized carbons (Fsp3) is 0.625. The van der Waals surface area contributed by atoms with Gasteiger partial charge in [-0.1, -0.05) is 45.0 Å². The van der Waals surface area contributed by atoms with Crippen LogP contribution in [-0.4, -0.2) is 17.5 Å². The fourth-order valence-electron chi connectivity index (χ4n) is 2.15. The lowest BCUT2D eigenvalue weighted by molar-refractivity contribution is 0.589. The first-order valence-corrected chi connectivity index (χ1v) is 8.03. The van der Waals surface area contributed by atoms with Gasteiger partial charge in [0.25, 0.3) is 0 Å². The molecule has 0 aromatic heterocycles. The monoisotopic (exact) mass is 263 g/mol. The van der Waals surface area contributed by atoms with Crippen LogP contribution in [0.25, 0.3) is 0 Å². The van der Waals surface area contributed by atoms with E-state index in [4.69, 9.17) is 0 Å². The molecular formula is C16H25NS. The molecule has 0 amide bonds. The van der Waals surface area contributed by atoms with Gasteiger partial charge in [-0.3, -0.25) is 0 Å². The molecule has 1 N–H and O–H groups in total. The average molecular weight is 263 g/mol. The second-order valence-corrected chi connectivity index (χ2v) is 7.71. The number of thioether (sulfide) groups is 1. The molecule has 2 rings (SSSR count). The van der Waals surface area contributed by atoms with E-state index in [2.05, 4.69) is 56.6 Å². The Kier molecular flexibility index (Phi) is 4.08. The Morgan fingerprint density at radius 1 is 1.17 bits per heavy atom. The number of rotatable bonds is 5. The van der Waals surface area contributed by atoms with Gasteiger partial charge < -0.3 is 5.32 Å². The van der Waals surface area contributed by atoms with E-state index in [-0.39, 0.29) is 5.41 Å². The maximum Gasteiger partial charge on any atom is 0.0282 e. The highest BCUT2D eigenvalue weighted by Crippen LogP contribution is 2.46. The lowest BCUT2D eigenvalue weighted by Crippen LogP contribution is -2.25. The molecule has 0 heterocycles. The summed E-state index contributed by atoms with van der Waals surface area (Å²) in [5.74, 6) is 0. The maximum atomic E-state index is 3.59. The Labute approximate surface area is 116 Å². The Morgan fingerprint density at radius 3 is 2.22 bits per heavy atom. The van der Waals surface area contributed by atoms with Crippen molar-refractivity contribution in [2.75, 3.05) is 12.8 Å². The third kappa shape index (κ3) is 3.52. The minimum Gasteiger partial charge on any atom is -0.311 e. The summed E-state index contributed by atoms with van der Waals surface area (Å²) in [7, 11) is 0. The summed E-state index contributed by atoms with van der Waals surface area (Å²) in [6.45, 7) is 8.92. The highest BCUT2D eigenvalue weighted by Gasteiger charge is 2.41. The smallest absolute Gasteiger partial charge is 0.0282 e. The molecule has 2 heteroatoms. The first kappa shape index (κ1) is 14.0. The van der Waals surface area contributed by atoms with E-state index in [1.165, 1.54) is 24.0 Å². The lowest BCUT2D eigenvalue weighted by Gasteiger charge is -2.19. The van der Waals surface area contributed by atoms with E-state index >= 15 is 0 Å². The molecule has 1 saturated carbocycles. The largest absolute Gasteiger partial charge is 0.311 e. The van der Waals surface area contributed by atoms with Gasteiger partial charge in [0.15, 0.2) is 0 Å². The lowest BCUT2D eigenvalue weighted by atomic mass is 9.87. The molecular weight excluding hydrogens is 238 g/mol. The van der Waals surface area contributed by atoms with E-state index in [0.29, 0.717) is 4.75 Å². The fourth-order valence-corrected chi connectivity index (χ4v) is 2.91. The number of benzene rings is 1. The average Bonchev–Trinajstić information content (AvgIpc) is 3.09. The van der Waals surface area contributed by atoms with Crippen molar-refractivity contribution in [2.45, 2.75) is 50.3 Å². The Bertz CT molecular complexity index is 385. The SMILES string of the molecule is CSC1(CNCc2ccc(C(C)(C)C)cc2)CC1. The molecule has 0 bridgehead atoms. The molecule has 18 heavy (non-hydrogen) atoms. The first-order chi connectivity index (χ1) is 8.45. The van der Waals surface area contributed by atoms with Crippen molar-refractivity contribution in [3.63, 3.8) is 0 Å². The maximum absolute atomic E-state index is 3.59. The molecule has 1 aliphatic carbocycles. The van der Waals surface area contributed by atoms with Crippen LogP contribution in [0.1, 0.15) is 44.7 Å². The van der Waals surface area contributed by atoms with Gasteiger partial charge in [-0.05, 0) is 35.6 Å². The van der Waals surface area contributed by atoms with Crippen LogP contribution in [0.2, 0.25) is 0 Å². The van der Waals surface area contributed by atoms with Crippen LogP contribution in [0, 0.1) is 0 Å². The van der Waals surface area contributed by atoms with Crippen LogP contribution >= 0.6 is 11.8 Å². The molecule has 100 valence electrons. The van der Waals surface area contributed by atoms with Crippen molar-refractivity contribution in [1.29, 1.82) is 0 Å². The van der Waals surface area contributed by atoms with Crippen LogP contribution < -0.4 is 5.32 Å². The van der Waals surface area contributed by atoms with Gasteiger partial charge in [0, 0.05) is 17.8 Å². The molecule has 0 saturated heterocycles. The van der Waals surface area contributed by atoms with E-state index < -0.39 is 0 Å². The third-order valence-electron chi connectivity index (χ3n) is 3.84. The predicted octanol–water partition coefficient (Wildman–Crippen LogP) is 3.97. The first-order valence-electron chi connectivity index (χ1n) is 6.81. The Balaban J connectivity index is 1.83. The predicted molar refractivity (Wildman–Crippen MR) is 82.3 cm³/mol. The Morgan fingerprint density at radius 2 is 1.78 bits per heavy atom. The van der Waals surface area contributed by atoms with Gasteiger partial charge in [0.2, 0.25) is 0 Å². The molecule has 1 aliphatic rings. The minimum absolute atomic E-state index is 0.253. The van der Waals surface area contributed by atoms with Crippen molar-refractivity contribution < 1.29 is 0 Å². The van der Waals surface area contributed by atoms with E-state index in [1.807, 2.05) is 11.8 Å². The molecule has 0 spiro atoms. The number of hydrogen-bond acceptors (Lipinski definition) is 2. The molecule has 0 unspecified atom stereocenters. The van der Waals surface area contributed by atoms with E-state index in [9.17, 15) is 0 Å². The summed E-state index contributed by atoms with van der Waals surface area (Å²) in [6, 6.07) is 9.04. The summed E-state index contributed by atoms with van der Waals surface area (Å²) in [4.78, 5) is 0. The highest BCUT2D eigenvalue weighted by molar-refractivity contribution is 8.00. The minimum atomic E-state index is 0.253. The van der Waals surface area contributed by atoms with Gasteiger partial charge in [-0.2, -0.15) is 11.8 Å². The Hall–Kier alpha value is -0.470. The normalized spacial score (nSPS) is 17.8. The van der Waals surface area contributed by atoms with Crippen LogP contribution in [0.4, 0.5) is 0 Å². The molecule has 0 atom stereocenters. The molecule has 1 fully saturated rings. The number of hydrogen-bond donors (Lipinski definition) is 1. The molecule has 0 radical (unpaired) electrons. The molecule has 1 nitrogen and oxygen atoms in total. The second-order valence-electron chi connectivity index (χ2n) is 6.44. The van der Waals surface area contributed by atoms with Gasteiger partial charge in [-0.15, -0.1) is 0 Å². The third-order valence-corrected chi connectivity index (χ3v) is 5.26. The molecule has 0 aliphatic heterocycles. The van der Waals surface area contributed by atoms with Crippen molar-refractivity contribution in [2.24, 2.45) is 0 Å².